The van der Waals surface area contributed by atoms with E-state index in [1.807, 2.05) is 16.8 Å². The van der Waals surface area contributed by atoms with Crippen molar-refractivity contribution in [3.8, 4) is 0 Å². The lowest BCUT2D eigenvalue weighted by Gasteiger charge is -2.12. The topological polar surface area (TPSA) is 30.7 Å². The van der Waals surface area contributed by atoms with Crippen LogP contribution in [0, 0.1) is 5.82 Å². The third-order valence-corrected chi connectivity index (χ3v) is 3.44. The summed E-state index contributed by atoms with van der Waals surface area (Å²) in [5, 5.41) is 4.53. The highest BCUT2D eigenvalue weighted by Crippen LogP contribution is 2.32. The molecule has 1 atom stereocenters. The SMILES string of the molecule is CC(C)c1nc2n(n1)[C@@H](c1ccccc1F)CC2. The molecule has 2 aromatic rings. The summed E-state index contributed by atoms with van der Waals surface area (Å²) in [7, 11) is 0. The molecule has 0 unspecified atom stereocenters. The van der Waals surface area contributed by atoms with Crippen LogP contribution in [0.5, 0.6) is 0 Å². The zero-order chi connectivity index (χ0) is 12.7. The molecule has 0 radical (unpaired) electrons. The Kier molecular flexibility index (Phi) is 2.65. The lowest BCUT2D eigenvalue weighted by atomic mass is 10.0. The number of rotatable bonds is 2. The van der Waals surface area contributed by atoms with Crippen LogP contribution in [0.3, 0.4) is 0 Å². The second kappa shape index (κ2) is 4.19. The Bertz CT molecular complexity index is 574. The van der Waals surface area contributed by atoms with Crippen molar-refractivity contribution in [2.24, 2.45) is 0 Å². The molecule has 1 aliphatic heterocycles. The molecule has 1 aromatic carbocycles. The lowest BCUT2D eigenvalue weighted by molar-refractivity contribution is 0.506. The Balaban J connectivity index is 2.02. The molecule has 3 nitrogen and oxygen atoms in total. The van der Waals surface area contributed by atoms with Gasteiger partial charge in [0.05, 0.1) is 6.04 Å². The van der Waals surface area contributed by atoms with Crippen molar-refractivity contribution >= 4 is 0 Å². The first kappa shape index (κ1) is 11.4. The van der Waals surface area contributed by atoms with Crippen LogP contribution in [0.2, 0.25) is 0 Å². The lowest BCUT2D eigenvalue weighted by Crippen LogP contribution is -2.10. The van der Waals surface area contributed by atoms with Gasteiger partial charge in [-0.15, -0.1) is 0 Å². The predicted octanol–water partition coefficient (Wildman–Crippen LogP) is 3.08. The number of benzene rings is 1. The fourth-order valence-electron chi connectivity index (χ4n) is 2.46. The highest BCUT2D eigenvalue weighted by Gasteiger charge is 2.29. The molecule has 18 heavy (non-hydrogen) atoms. The molecule has 94 valence electrons. The first-order valence-electron chi connectivity index (χ1n) is 6.36. The van der Waals surface area contributed by atoms with E-state index in [1.165, 1.54) is 6.07 Å². The first-order chi connectivity index (χ1) is 8.66. The van der Waals surface area contributed by atoms with Gasteiger partial charge in [-0.05, 0) is 12.5 Å². The number of nitrogens with zero attached hydrogens (tertiary/aromatic N) is 3. The molecule has 3 rings (SSSR count). The molecule has 1 aromatic heterocycles. The van der Waals surface area contributed by atoms with Gasteiger partial charge in [0, 0.05) is 17.9 Å². The quantitative estimate of drug-likeness (QED) is 0.814. The average molecular weight is 245 g/mol. The summed E-state index contributed by atoms with van der Waals surface area (Å²) in [6.45, 7) is 4.15. The van der Waals surface area contributed by atoms with Crippen molar-refractivity contribution in [1.82, 2.24) is 14.8 Å². The maximum absolute atomic E-state index is 13.8. The van der Waals surface area contributed by atoms with Crippen molar-refractivity contribution in [2.75, 3.05) is 0 Å². The first-order valence-corrected chi connectivity index (χ1v) is 6.36. The van der Waals surface area contributed by atoms with Gasteiger partial charge in [0.15, 0.2) is 5.82 Å². The van der Waals surface area contributed by atoms with Crippen LogP contribution in [0.25, 0.3) is 0 Å². The molecule has 4 heteroatoms. The van der Waals surface area contributed by atoms with Gasteiger partial charge < -0.3 is 0 Å². The Morgan fingerprint density at radius 1 is 1.33 bits per heavy atom. The maximum atomic E-state index is 13.8. The summed E-state index contributed by atoms with van der Waals surface area (Å²) in [6.07, 6.45) is 1.76. The maximum Gasteiger partial charge on any atom is 0.153 e. The summed E-state index contributed by atoms with van der Waals surface area (Å²) in [4.78, 5) is 4.53. The molecule has 0 N–H and O–H groups in total. The van der Waals surface area contributed by atoms with Gasteiger partial charge in [0.2, 0.25) is 0 Å². The molecule has 0 spiro atoms. The average Bonchev–Trinajstić information content (AvgIpc) is 2.89. The second-order valence-corrected chi connectivity index (χ2v) is 5.06. The van der Waals surface area contributed by atoms with Crippen LogP contribution in [-0.4, -0.2) is 14.8 Å². The van der Waals surface area contributed by atoms with Crippen LogP contribution in [0.15, 0.2) is 24.3 Å². The normalized spacial score (nSPS) is 18.3. The van der Waals surface area contributed by atoms with Crippen LogP contribution in [-0.2, 0) is 6.42 Å². The Morgan fingerprint density at radius 2 is 2.11 bits per heavy atom. The van der Waals surface area contributed by atoms with E-state index >= 15 is 0 Å². The predicted molar refractivity (Wildman–Crippen MR) is 67.0 cm³/mol. The molecule has 0 saturated heterocycles. The standard InChI is InChI=1S/C14H16FN3/c1-9(2)14-16-13-8-7-12(18(13)17-14)10-5-3-4-6-11(10)15/h3-6,9,12H,7-8H2,1-2H3/t12-/m1/s1. The Labute approximate surface area is 106 Å². The van der Waals surface area contributed by atoms with Crippen LogP contribution >= 0.6 is 0 Å². The summed E-state index contributed by atoms with van der Waals surface area (Å²) in [5.41, 5.74) is 0.719. The van der Waals surface area contributed by atoms with E-state index in [-0.39, 0.29) is 11.9 Å². The number of aryl methyl sites for hydroxylation is 1. The smallest absolute Gasteiger partial charge is 0.153 e. The minimum absolute atomic E-state index is 0.00111. The van der Waals surface area contributed by atoms with Crippen molar-refractivity contribution in [3.05, 3.63) is 47.3 Å². The molecule has 0 saturated carbocycles. The molecular weight excluding hydrogens is 229 g/mol. The minimum Gasteiger partial charge on any atom is -0.242 e. The van der Waals surface area contributed by atoms with Crippen LogP contribution in [0.1, 0.15) is 49.4 Å². The van der Waals surface area contributed by atoms with Gasteiger partial charge >= 0.3 is 0 Å². The van der Waals surface area contributed by atoms with Crippen molar-refractivity contribution < 1.29 is 4.39 Å². The van der Waals surface area contributed by atoms with E-state index in [2.05, 4.69) is 23.9 Å². The molecule has 0 fully saturated rings. The third-order valence-electron chi connectivity index (χ3n) is 3.44. The number of aromatic nitrogens is 3. The zero-order valence-corrected chi connectivity index (χ0v) is 10.6. The molecule has 1 aliphatic rings. The summed E-state index contributed by atoms with van der Waals surface area (Å²) in [6, 6.07) is 6.94. The molecule has 0 amide bonds. The van der Waals surface area contributed by atoms with Gasteiger partial charge in [-0.1, -0.05) is 32.0 Å². The number of hydrogen-bond acceptors (Lipinski definition) is 2. The summed E-state index contributed by atoms with van der Waals surface area (Å²) in [5.74, 6) is 1.99. The van der Waals surface area contributed by atoms with E-state index in [4.69, 9.17) is 0 Å². The zero-order valence-electron chi connectivity index (χ0n) is 10.6. The molecule has 0 aliphatic carbocycles. The largest absolute Gasteiger partial charge is 0.242 e. The molecule has 0 bridgehead atoms. The fourth-order valence-corrected chi connectivity index (χ4v) is 2.46. The Hall–Kier alpha value is -1.71. The highest BCUT2D eigenvalue weighted by molar-refractivity contribution is 5.24. The highest BCUT2D eigenvalue weighted by atomic mass is 19.1. The van der Waals surface area contributed by atoms with Gasteiger partial charge in [-0.3, -0.25) is 0 Å². The van der Waals surface area contributed by atoms with Crippen LogP contribution in [0.4, 0.5) is 4.39 Å². The van der Waals surface area contributed by atoms with Gasteiger partial charge in [-0.25, -0.2) is 14.1 Å². The van der Waals surface area contributed by atoms with E-state index < -0.39 is 0 Å². The van der Waals surface area contributed by atoms with Crippen LogP contribution < -0.4 is 0 Å². The molecular formula is C14H16FN3. The van der Waals surface area contributed by atoms with E-state index in [1.54, 1.807) is 6.07 Å². The van der Waals surface area contributed by atoms with E-state index in [0.717, 1.165) is 30.1 Å². The third kappa shape index (κ3) is 1.72. The number of fused-ring (bicyclic) bond motifs is 1. The number of halogens is 1. The Morgan fingerprint density at radius 3 is 2.83 bits per heavy atom. The van der Waals surface area contributed by atoms with Crippen molar-refractivity contribution in [2.45, 2.75) is 38.6 Å². The second-order valence-electron chi connectivity index (χ2n) is 5.06. The van der Waals surface area contributed by atoms with Gasteiger partial charge in [0.25, 0.3) is 0 Å². The summed E-state index contributed by atoms with van der Waals surface area (Å²) < 4.78 is 15.7. The van der Waals surface area contributed by atoms with Crippen molar-refractivity contribution in [3.63, 3.8) is 0 Å². The van der Waals surface area contributed by atoms with E-state index in [0.29, 0.717) is 5.92 Å². The fraction of sp³-hybridized carbons (Fsp3) is 0.429. The van der Waals surface area contributed by atoms with Crippen molar-refractivity contribution in [1.29, 1.82) is 0 Å². The summed E-state index contributed by atoms with van der Waals surface area (Å²) >= 11 is 0. The minimum atomic E-state index is -0.156. The van der Waals surface area contributed by atoms with Gasteiger partial charge in [-0.2, -0.15) is 5.10 Å². The number of hydrogen-bond donors (Lipinski definition) is 0. The monoisotopic (exact) mass is 245 g/mol. The molecule has 2 heterocycles. The van der Waals surface area contributed by atoms with Gasteiger partial charge in [0.1, 0.15) is 11.6 Å². The van der Waals surface area contributed by atoms with E-state index in [9.17, 15) is 4.39 Å².